The van der Waals surface area contributed by atoms with Gasteiger partial charge in [0.2, 0.25) is 0 Å². The maximum absolute atomic E-state index is 13.5. The summed E-state index contributed by atoms with van der Waals surface area (Å²) >= 11 is 6.10. The summed E-state index contributed by atoms with van der Waals surface area (Å²) in [5, 5.41) is 3.87. The number of halogens is 2. The molecule has 3 rings (SSSR count). The Bertz CT molecular complexity index is 647. The number of benzene rings is 2. The Morgan fingerprint density at radius 1 is 1.08 bits per heavy atom. The first-order chi connectivity index (χ1) is 11.8. The van der Waals surface area contributed by atoms with Gasteiger partial charge in [0.15, 0.2) is 17.6 Å². The second kappa shape index (κ2) is 8.36. The lowest BCUT2D eigenvalue weighted by atomic mass is 10.1. The third-order valence-corrected chi connectivity index (χ3v) is 4.30. The van der Waals surface area contributed by atoms with Crippen LogP contribution in [0.25, 0.3) is 0 Å². The number of hydrogen-bond acceptors (Lipinski definition) is 3. The minimum atomic E-state index is -0.664. The van der Waals surface area contributed by atoms with Crippen LogP contribution in [0.4, 0.5) is 4.39 Å². The lowest BCUT2D eigenvalue weighted by Gasteiger charge is -2.26. The van der Waals surface area contributed by atoms with Gasteiger partial charge in [-0.3, -0.25) is 0 Å². The Morgan fingerprint density at radius 2 is 1.83 bits per heavy atom. The monoisotopic (exact) mass is 349 g/mol. The SMILES string of the molecule is FCC(Oc1ccc(Cl)cc1OC1CCNCC1)c1ccccc1. The molecule has 2 aromatic carbocycles. The Labute approximate surface area is 146 Å². The summed E-state index contributed by atoms with van der Waals surface area (Å²) in [6.45, 7) is 1.25. The summed E-state index contributed by atoms with van der Waals surface area (Å²) in [4.78, 5) is 0. The third kappa shape index (κ3) is 4.40. The average molecular weight is 350 g/mol. The molecule has 0 aliphatic carbocycles. The minimum Gasteiger partial charge on any atom is -0.486 e. The summed E-state index contributed by atoms with van der Waals surface area (Å²) in [7, 11) is 0. The van der Waals surface area contributed by atoms with E-state index >= 15 is 0 Å². The van der Waals surface area contributed by atoms with Gasteiger partial charge in [-0.1, -0.05) is 41.9 Å². The van der Waals surface area contributed by atoms with E-state index in [2.05, 4.69) is 5.32 Å². The number of piperidine rings is 1. The normalized spacial score (nSPS) is 16.6. The second-order valence-electron chi connectivity index (χ2n) is 5.83. The fourth-order valence-corrected chi connectivity index (χ4v) is 2.94. The maximum atomic E-state index is 13.5. The predicted octanol–water partition coefficient (Wildman–Crippen LogP) is 4.56. The molecule has 1 N–H and O–H groups in total. The van der Waals surface area contributed by atoms with Crippen molar-refractivity contribution in [3.8, 4) is 11.5 Å². The van der Waals surface area contributed by atoms with Crippen molar-refractivity contribution >= 4 is 11.6 Å². The van der Waals surface area contributed by atoms with Crippen LogP contribution in [0.1, 0.15) is 24.5 Å². The van der Waals surface area contributed by atoms with Crippen LogP contribution in [-0.4, -0.2) is 25.9 Å². The molecule has 1 unspecified atom stereocenters. The fourth-order valence-electron chi connectivity index (χ4n) is 2.77. The van der Waals surface area contributed by atoms with E-state index in [0.29, 0.717) is 16.5 Å². The fraction of sp³-hybridized carbons (Fsp3) is 0.368. The highest BCUT2D eigenvalue weighted by Gasteiger charge is 2.20. The molecule has 0 aromatic heterocycles. The topological polar surface area (TPSA) is 30.5 Å². The molecule has 1 saturated heterocycles. The predicted molar refractivity (Wildman–Crippen MR) is 93.8 cm³/mol. The van der Waals surface area contributed by atoms with E-state index in [4.69, 9.17) is 21.1 Å². The van der Waals surface area contributed by atoms with Crippen molar-refractivity contribution in [2.45, 2.75) is 25.0 Å². The first-order valence-electron chi connectivity index (χ1n) is 8.21. The smallest absolute Gasteiger partial charge is 0.163 e. The van der Waals surface area contributed by atoms with Gasteiger partial charge >= 0.3 is 0 Å². The molecular formula is C19H21ClFNO2. The molecule has 1 fully saturated rings. The molecule has 24 heavy (non-hydrogen) atoms. The third-order valence-electron chi connectivity index (χ3n) is 4.07. The highest BCUT2D eigenvalue weighted by atomic mass is 35.5. The van der Waals surface area contributed by atoms with Crippen molar-refractivity contribution in [2.75, 3.05) is 19.8 Å². The van der Waals surface area contributed by atoms with Gasteiger partial charge in [0, 0.05) is 11.1 Å². The van der Waals surface area contributed by atoms with Crippen molar-refractivity contribution < 1.29 is 13.9 Å². The van der Waals surface area contributed by atoms with Gasteiger partial charge in [-0.25, -0.2) is 4.39 Å². The lowest BCUT2D eigenvalue weighted by Crippen LogP contribution is -2.34. The van der Waals surface area contributed by atoms with Gasteiger partial charge in [-0.2, -0.15) is 0 Å². The van der Waals surface area contributed by atoms with Gasteiger partial charge in [-0.15, -0.1) is 0 Å². The molecule has 1 aliphatic rings. The molecule has 0 amide bonds. The van der Waals surface area contributed by atoms with Crippen LogP contribution >= 0.6 is 11.6 Å². The Morgan fingerprint density at radius 3 is 2.54 bits per heavy atom. The van der Waals surface area contributed by atoms with Crippen LogP contribution in [0.15, 0.2) is 48.5 Å². The molecule has 0 radical (unpaired) electrons. The molecule has 1 atom stereocenters. The zero-order valence-electron chi connectivity index (χ0n) is 13.4. The summed E-state index contributed by atoms with van der Waals surface area (Å²) in [5.41, 5.74) is 0.794. The zero-order valence-corrected chi connectivity index (χ0v) is 14.1. The Kier molecular flexibility index (Phi) is 5.94. The van der Waals surface area contributed by atoms with E-state index in [1.54, 1.807) is 18.2 Å². The minimum absolute atomic E-state index is 0.118. The zero-order chi connectivity index (χ0) is 16.8. The van der Waals surface area contributed by atoms with Crippen LogP contribution in [0.5, 0.6) is 11.5 Å². The largest absolute Gasteiger partial charge is 0.486 e. The number of alkyl halides is 1. The molecule has 1 heterocycles. The van der Waals surface area contributed by atoms with Gasteiger partial charge in [0.05, 0.1) is 0 Å². The molecule has 3 nitrogen and oxygen atoms in total. The molecule has 0 spiro atoms. The summed E-state index contributed by atoms with van der Waals surface area (Å²) in [6, 6.07) is 14.6. The highest BCUT2D eigenvalue weighted by molar-refractivity contribution is 6.30. The number of rotatable bonds is 6. The molecular weight excluding hydrogens is 329 g/mol. The van der Waals surface area contributed by atoms with Crippen LogP contribution in [0.2, 0.25) is 5.02 Å². The first kappa shape index (κ1) is 17.1. The van der Waals surface area contributed by atoms with E-state index in [9.17, 15) is 4.39 Å². The number of nitrogens with one attached hydrogen (secondary N) is 1. The van der Waals surface area contributed by atoms with Crippen LogP contribution < -0.4 is 14.8 Å². The number of hydrogen-bond donors (Lipinski definition) is 1. The molecule has 1 aliphatic heterocycles. The first-order valence-corrected chi connectivity index (χ1v) is 8.58. The van der Waals surface area contributed by atoms with E-state index in [1.807, 2.05) is 30.3 Å². The quantitative estimate of drug-likeness (QED) is 0.829. The van der Waals surface area contributed by atoms with Crippen molar-refractivity contribution in [1.29, 1.82) is 0 Å². The summed E-state index contributed by atoms with van der Waals surface area (Å²) < 4.78 is 25.5. The standard InChI is InChI=1S/C19H21ClFNO2/c20-15-6-7-17(18(12-15)23-16-8-10-22-11-9-16)24-19(13-21)14-4-2-1-3-5-14/h1-7,12,16,19,22H,8-11,13H2. The maximum Gasteiger partial charge on any atom is 0.163 e. The van der Waals surface area contributed by atoms with Crippen LogP contribution in [-0.2, 0) is 0 Å². The van der Waals surface area contributed by atoms with Crippen LogP contribution in [0.3, 0.4) is 0 Å². The van der Waals surface area contributed by atoms with Crippen molar-refractivity contribution in [1.82, 2.24) is 5.32 Å². The molecule has 0 bridgehead atoms. The van der Waals surface area contributed by atoms with Gasteiger partial charge in [-0.05, 0) is 43.6 Å². The van der Waals surface area contributed by atoms with Gasteiger partial charge in [0.25, 0.3) is 0 Å². The van der Waals surface area contributed by atoms with Crippen molar-refractivity contribution in [3.63, 3.8) is 0 Å². The number of ether oxygens (including phenoxy) is 2. The molecule has 128 valence electrons. The van der Waals surface area contributed by atoms with E-state index in [-0.39, 0.29) is 6.10 Å². The molecule has 0 saturated carbocycles. The Hall–Kier alpha value is -1.78. The molecule has 5 heteroatoms. The van der Waals surface area contributed by atoms with E-state index in [1.165, 1.54) is 0 Å². The van der Waals surface area contributed by atoms with E-state index < -0.39 is 12.8 Å². The van der Waals surface area contributed by atoms with Crippen LogP contribution in [0, 0.1) is 0 Å². The van der Waals surface area contributed by atoms with E-state index in [0.717, 1.165) is 31.5 Å². The van der Waals surface area contributed by atoms with Gasteiger partial charge < -0.3 is 14.8 Å². The highest BCUT2D eigenvalue weighted by Crippen LogP contribution is 2.35. The summed E-state index contributed by atoms with van der Waals surface area (Å²) in [5.74, 6) is 1.09. The molecule has 2 aromatic rings. The van der Waals surface area contributed by atoms with Gasteiger partial charge in [0.1, 0.15) is 12.8 Å². The lowest BCUT2D eigenvalue weighted by molar-refractivity contribution is 0.132. The second-order valence-corrected chi connectivity index (χ2v) is 6.27. The average Bonchev–Trinajstić information content (AvgIpc) is 2.63. The summed E-state index contributed by atoms with van der Waals surface area (Å²) in [6.07, 6.45) is 1.31. The van der Waals surface area contributed by atoms with Crippen molar-refractivity contribution in [3.05, 3.63) is 59.1 Å². The Balaban J connectivity index is 1.78. The van der Waals surface area contributed by atoms with Crippen molar-refractivity contribution in [2.24, 2.45) is 0 Å².